The van der Waals surface area contributed by atoms with E-state index in [1.54, 1.807) is 6.20 Å². The molecule has 88 valence electrons. The number of aromatic nitrogens is 1. The van der Waals surface area contributed by atoms with Gasteiger partial charge in [-0.1, -0.05) is 18.2 Å². The van der Waals surface area contributed by atoms with Gasteiger partial charge in [0.05, 0.1) is 5.92 Å². The van der Waals surface area contributed by atoms with Gasteiger partial charge in [0.25, 0.3) is 0 Å². The molecule has 1 aromatic heterocycles. The number of aliphatic carboxylic acids is 1. The van der Waals surface area contributed by atoms with Crippen molar-refractivity contribution in [1.29, 1.82) is 0 Å². The fourth-order valence-electron chi connectivity index (χ4n) is 2.00. The number of ketones is 1. The zero-order chi connectivity index (χ0) is 12.4. The summed E-state index contributed by atoms with van der Waals surface area (Å²) in [5.74, 6) is -1.86. The summed E-state index contributed by atoms with van der Waals surface area (Å²) in [5, 5.41) is 10.0. The molecule has 0 radical (unpaired) electrons. The first-order valence-corrected chi connectivity index (χ1v) is 5.38. The van der Waals surface area contributed by atoms with Crippen molar-refractivity contribution >= 4 is 22.7 Å². The Labute approximate surface area is 127 Å². The van der Waals surface area contributed by atoms with Crippen LogP contribution in [0, 0.1) is 0 Å². The van der Waals surface area contributed by atoms with E-state index in [1.165, 1.54) is 6.92 Å². The smallest absolute Gasteiger partial charge is 0.481 e. The van der Waals surface area contributed by atoms with Gasteiger partial charge in [0, 0.05) is 23.5 Å². The third-order valence-electron chi connectivity index (χ3n) is 2.79. The zero-order valence-electron chi connectivity index (χ0n) is 10.4. The molecule has 5 heteroatoms. The SMILES string of the molecule is CC(=O)CC(C(=O)O)c1c[nH]c2ccccc12.[Na+]. The van der Waals surface area contributed by atoms with E-state index in [9.17, 15) is 14.7 Å². The number of hydrogen-bond acceptors (Lipinski definition) is 2. The van der Waals surface area contributed by atoms with Gasteiger partial charge in [-0.3, -0.25) is 9.59 Å². The minimum atomic E-state index is -0.968. The summed E-state index contributed by atoms with van der Waals surface area (Å²) in [4.78, 5) is 25.3. The first kappa shape index (κ1) is 15.0. The summed E-state index contributed by atoms with van der Waals surface area (Å²) in [6.07, 6.45) is 1.70. The molecule has 18 heavy (non-hydrogen) atoms. The first-order valence-electron chi connectivity index (χ1n) is 5.38. The predicted octanol–water partition coefficient (Wildman–Crippen LogP) is -0.681. The standard InChI is InChI=1S/C13H13NO3.Na/c1-8(15)6-10(13(16)17)11-7-14-12-5-3-2-4-9(11)12;/h2-5,7,10,14H,6H2,1H3,(H,16,17);/q;+1. The van der Waals surface area contributed by atoms with Crippen molar-refractivity contribution in [2.75, 3.05) is 0 Å². The van der Waals surface area contributed by atoms with Gasteiger partial charge in [0.2, 0.25) is 0 Å². The fraction of sp³-hybridized carbons (Fsp3) is 0.231. The molecule has 0 aliphatic carbocycles. The molecule has 0 aliphatic heterocycles. The van der Waals surface area contributed by atoms with E-state index >= 15 is 0 Å². The van der Waals surface area contributed by atoms with Crippen molar-refractivity contribution in [2.45, 2.75) is 19.3 Å². The van der Waals surface area contributed by atoms with Crippen LogP contribution in [0.15, 0.2) is 30.5 Å². The van der Waals surface area contributed by atoms with Gasteiger partial charge in [-0.05, 0) is 18.6 Å². The Hall–Kier alpha value is -1.10. The molecule has 2 rings (SSSR count). The number of rotatable bonds is 4. The Morgan fingerprint density at radius 3 is 2.61 bits per heavy atom. The third kappa shape index (κ3) is 3.02. The summed E-state index contributed by atoms with van der Waals surface area (Å²) in [6, 6.07) is 7.47. The van der Waals surface area contributed by atoms with E-state index < -0.39 is 11.9 Å². The van der Waals surface area contributed by atoms with E-state index in [-0.39, 0.29) is 41.8 Å². The molecule has 2 aromatic rings. The number of para-hydroxylation sites is 1. The number of fused-ring (bicyclic) bond motifs is 1. The number of carboxylic acids is 1. The molecule has 0 saturated heterocycles. The second-order valence-corrected chi connectivity index (χ2v) is 4.09. The molecule has 0 bridgehead atoms. The van der Waals surface area contributed by atoms with Gasteiger partial charge < -0.3 is 10.1 Å². The number of nitrogens with one attached hydrogen (secondary N) is 1. The second kappa shape index (κ2) is 6.18. The van der Waals surface area contributed by atoms with Crippen molar-refractivity contribution in [3.8, 4) is 0 Å². The zero-order valence-corrected chi connectivity index (χ0v) is 12.4. The molecule has 1 heterocycles. The number of benzene rings is 1. The molecule has 0 amide bonds. The molecule has 2 N–H and O–H groups in total. The number of carbonyl (C=O) groups is 2. The number of hydrogen-bond donors (Lipinski definition) is 2. The Morgan fingerprint density at radius 1 is 1.33 bits per heavy atom. The van der Waals surface area contributed by atoms with E-state index in [0.29, 0.717) is 5.56 Å². The monoisotopic (exact) mass is 254 g/mol. The molecule has 1 atom stereocenters. The van der Waals surface area contributed by atoms with Gasteiger partial charge in [-0.15, -0.1) is 0 Å². The molecule has 0 fully saturated rings. The largest absolute Gasteiger partial charge is 1.00 e. The van der Waals surface area contributed by atoms with Gasteiger partial charge in [-0.2, -0.15) is 0 Å². The maximum absolute atomic E-state index is 11.2. The maximum atomic E-state index is 11.2. The van der Waals surface area contributed by atoms with Crippen LogP contribution >= 0.6 is 0 Å². The van der Waals surface area contributed by atoms with Crippen LogP contribution in [0.4, 0.5) is 0 Å². The van der Waals surface area contributed by atoms with Crippen molar-refractivity contribution < 1.29 is 44.3 Å². The number of carbonyl (C=O) groups excluding carboxylic acids is 1. The first-order chi connectivity index (χ1) is 8.09. The van der Waals surface area contributed by atoms with Crippen LogP contribution in [0.5, 0.6) is 0 Å². The third-order valence-corrected chi connectivity index (χ3v) is 2.79. The topological polar surface area (TPSA) is 70.2 Å². The Kier molecular flexibility index (Phi) is 5.14. The summed E-state index contributed by atoms with van der Waals surface area (Å²) in [7, 11) is 0. The number of aromatic amines is 1. The minimum Gasteiger partial charge on any atom is -0.481 e. The van der Waals surface area contributed by atoms with Crippen molar-refractivity contribution in [1.82, 2.24) is 4.98 Å². The summed E-state index contributed by atoms with van der Waals surface area (Å²) < 4.78 is 0. The average Bonchev–Trinajstić information content (AvgIpc) is 2.69. The van der Waals surface area contributed by atoms with Gasteiger partial charge in [0.15, 0.2) is 0 Å². The van der Waals surface area contributed by atoms with E-state index in [4.69, 9.17) is 0 Å². The van der Waals surface area contributed by atoms with Crippen molar-refractivity contribution in [3.63, 3.8) is 0 Å². The average molecular weight is 254 g/mol. The Morgan fingerprint density at radius 2 is 2.00 bits per heavy atom. The summed E-state index contributed by atoms with van der Waals surface area (Å²) in [5.41, 5.74) is 1.56. The molecule has 4 nitrogen and oxygen atoms in total. The Bertz CT molecular complexity index is 576. The van der Waals surface area contributed by atoms with Crippen LogP contribution in [-0.2, 0) is 9.59 Å². The molecule has 0 saturated carbocycles. The molecule has 0 aliphatic rings. The quantitative estimate of drug-likeness (QED) is 0.710. The van der Waals surface area contributed by atoms with Crippen molar-refractivity contribution in [2.24, 2.45) is 0 Å². The fourth-order valence-corrected chi connectivity index (χ4v) is 2.00. The second-order valence-electron chi connectivity index (χ2n) is 4.09. The molecule has 1 unspecified atom stereocenters. The van der Waals surface area contributed by atoms with Crippen LogP contribution in [0.2, 0.25) is 0 Å². The van der Waals surface area contributed by atoms with Crippen LogP contribution in [0.25, 0.3) is 10.9 Å². The van der Waals surface area contributed by atoms with E-state index in [2.05, 4.69) is 4.98 Å². The molecular formula is C13H13NNaO3+. The van der Waals surface area contributed by atoms with E-state index in [1.807, 2.05) is 24.3 Å². The van der Waals surface area contributed by atoms with Crippen LogP contribution in [0.3, 0.4) is 0 Å². The van der Waals surface area contributed by atoms with Crippen LogP contribution in [0.1, 0.15) is 24.8 Å². The maximum Gasteiger partial charge on any atom is 1.00 e. The minimum absolute atomic E-state index is 0. The van der Waals surface area contributed by atoms with Crippen LogP contribution in [-0.4, -0.2) is 21.8 Å². The van der Waals surface area contributed by atoms with Gasteiger partial charge in [0.1, 0.15) is 5.78 Å². The number of H-pyrrole nitrogens is 1. The van der Waals surface area contributed by atoms with E-state index in [0.717, 1.165) is 10.9 Å². The Balaban J connectivity index is 0.00000162. The normalized spacial score (nSPS) is 11.8. The van der Waals surface area contributed by atoms with Crippen molar-refractivity contribution in [3.05, 3.63) is 36.0 Å². The predicted molar refractivity (Wildman–Crippen MR) is 64.0 cm³/mol. The summed E-state index contributed by atoms with van der Waals surface area (Å²) >= 11 is 0. The van der Waals surface area contributed by atoms with Gasteiger partial charge >= 0.3 is 35.5 Å². The molecule has 0 spiro atoms. The van der Waals surface area contributed by atoms with Gasteiger partial charge in [-0.25, -0.2) is 0 Å². The number of Topliss-reactive ketones (excluding diaryl/α,β-unsaturated/α-hetero) is 1. The molecule has 1 aromatic carbocycles. The number of carboxylic acid groups (broad SMARTS) is 1. The molecular weight excluding hydrogens is 241 g/mol. The van der Waals surface area contributed by atoms with Crippen LogP contribution < -0.4 is 29.6 Å². The summed E-state index contributed by atoms with van der Waals surface area (Å²) in [6.45, 7) is 1.41.